The van der Waals surface area contributed by atoms with Gasteiger partial charge < -0.3 is 5.73 Å². The number of thioether (sulfide) groups is 1. The summed E-state index contributed by atoms with van der Waals surface area (Å²) in [5.41, 5.74) is 8.71. The second kappa shape index (κ2) is 7.16. The molecule has 106 valence electrons. The lowest BCUT2D eigenvalue weighted by Crippen LogP contribution is -2.25. The van der Waals surface area contributed by atoms with Gasteiger partial charge in [0.25, 0.3) is 0 Å². The molecule has 0 spiro atoms. The van der Waals surface area contributed by atoms with Crippen LogP contribution in [0, 0.1) is 6.92 Å². The molecule has 0 heterocycles. The predicted octanol–water partition coefficient (Wildman–Crippen LogP) is 5.22. The summed E-state index contributed by atoms with van der Waals surface area (Å²) < 4.78 is 0. The first-order valence-corrected chi connectivity index (χ1v) is 8.11. The maximum Gasteiger partial charge on any atom is 0.0510 e. The highest BCUT2D eigenvalue weighted by molar-refractivity contribution is 7.99. The standard InChI is InChI=1S/C17H20ClNS/c1-3-16(19)17(14-9-4-5-10-15(14)18)20-13-8-6-7-12(2)11-13/h4-11,16-17H,3,19H2,1-2H3. The Balaban J connectivity index is 2.32. The van der Waals surface area contributed by atoms with Gasteiger partial charge in [0.15, 0.2) is 0 Å². The van der Waals surface area contributed by atoms with Crippen molar-refractivity contribution in [1.82, 2.24) is 0 Å². The predicted molar refractivity (Wildman–Crippen MR) is 89.5 cm³/mol. The molecule has 2 N–H and O–H groups in total. The second-order valence-electron chi connectivity index (χ2n) is 4.95. The number of aryl methyl sites for hydroxylation is 1. The van der Waals surface area contributed by atoms with Gasteiger partial charge in [-0.05, 0) is 37.1 Å². The van der Waals surface area contributed by atoms with Crippen LogP contribution in [0.25, 0.3) is 0 Å². The van der Waals surface area contributed by atoms with Gasteiger partial charge in [0.1, 0.15) is 0 Å². The van der Waals surface area contributed by atoms with E-state index in [1.54, 1.807) is 11.8 Å². The number of hydrogen-bond donors (Lipinski definition) is 1. The Morgan fingerprint density at radius 2 is 1.90 bits per heavy atom. The van der Waals surface area contributed by atoms with Gasteiger partial charge >= 0.3 is 0 Å². The summed E-state index contributed by atoms with van der Waals surface area (Å²) in [4.78, 5) is 1.24. The third kappa shape index (κ3) is 3.78. The van der Waals surface area contributed by atoms with Gasteiger partial charge in [0.2, 0.25) is 0 Å². The van der Waals surface area contributed by atoms with Crippen molar-refractivity contribution in [1.29, 1.82) is 0 Å². The van der Waals surface area contributed by atoms with Gasteiger partial charge in [-0.3, -0.25) is 0 Å². The number of halogens is 1. The van der Waals surface area contributed by atoms with Crippen molar-refractivity contribution < 1.29 is 0 Å². The van der Waals surface area contributed by atoms with Gasteiger partial charge in [-0.25, -0.2) is 0 Å². The van der Waals surface area contributed by atoms with E-state index in [9.17, 15) is 0 Å². The van der Waals surface area contributed by atoms with Crippen LogP contribution in [0.1, 0.15) is 29.7 Å². The molecule has 20 heavy (non-hydrogen) atoms. The monoisotopic (exact) mass is 305 g/mol. The quantitative estimate of drug-likeness (QED) is 0.766. The zero-order chi connectivity index (χ0) is 14.5. The van der Waals surface area contributed by atoms with Crippen LogP contribution in [-0.4, -0.2) is 6.04 Å². The summed E-state index contributed by atoms with van der Waals surface area (Å²) in [6, 6.07) is 16.6. The van der Waals surface area contributed by atoms with Crippen molar-refractivity contribution in [3.8, 4) is 0 Å². The lowest BCUT2D eigenvalue weighted by atomic mass is 10.0. The average molecular weight is 306 g/mol. The molecule has 2 aromatic rings. The number of nitrogens with two attached hydrogens (primary N) is 1. The van der Waals surface area contributed by atoms with E-state index in [4.69, 9.17) is 17.3 Å². The number of benzene rings is 2. The average Bonchev–Trinajstić information content (AvgIpc) is 2.45. The van der Waals surface area contributed by atoms with Crippen molar-refractivity contribution in [3.63, 3.8) is 0 Å². The Labute approximate surface area is 130 Å². The first-order valence-electron chi connectivity index (χ1n) is 6.85. The summed E-state index contributed by atoms with van der Waals surface area (Å²) in [5, 5.41) is 0.969. The van der Waals surface area contributed by atoms with E-state index in [0.29, 0.717) is 0 Å². The molecule has 3 heteroatoms. The van der Waals surface area contributed by atoms with E-state index in [2.05, 4.69) is 44.2 Å². The normalized spacial score (nSPS) is 14.0. The third-order valence-electron chi connectivity index (χ3n) is 3.32. The summed E-state index contributed by atoms with van der Waals surface area (Å²) in [6.45, 7) is 4.22. The molecule has 0 aromatic heterocycles. The minimum Gasteiger partial charge on any atom is -0.326 e. The Morgan fingerprint density at radius 1 is 1.15 bits per heavy atom. The zero-order valence-corrected chi connectivity index (χ0v) is 13.4. The van der Waals surface area contributed by atoms with E-state index < -0.39 is 0 Å². The Hall–Kier alpha value is -0.960. The molecule has 0 aliphatic rings. The fourth-order valence-corrected chi connectivity index (χ4v) is 3.86. The van der Waals surface area contributed by atoms with E-state index in [1.165, 1.54) is 10.5 Å². The van der Waals surface area contributed by atoms with Crippen molar-refractivity contribution in [2.45, 2.75) is 36.5 Å². The largest absolute Gasteiger partial charge is 0.326 e. The highest BCUT2D eigenvalue weighted by atomic mass is 35.5. The molecule has 2 unspecified atom stereocenters. The molecule has 0 amide bonds. The van der Waals surface area contributed by atoms with Gasteiger partial charge in [0.05, 0.1) is 5.25 Å². The highest BCUT2D eigenvalue weighted by Crippen LogP contribution is 2.40. The third-order valence-corrected chi connectivity index (χ3v) is 5.05. The molecule has 0 aliphatic heterocycles. The van der Waals surface area contributed by atoms with Gasteiger partial charge in [-0.15, -0.1) is 11.8 Å². The molecule has 2 rings (SSSR count). The van der Waals surface area contributed by atoms with Crippen LogP contribution in [0.15, 0.2) is 53.4 Å². The minimum absolute atomic E-state index is 0.0837. The molecule has 0 bridgehead atoms. The molecular formula is C17H20ClNS. The Kier molecular flexibility index (Phi) is 5.53. The summed E-state index contributed by atoms with van der Waals surface area (Å²) in [7, 11) is 0. The first kappa shape index (κ1) is 15.4. The van der Waals surface area contributed by atoms with E-state index >= 15 is 0 Å². The van der Waals surface area contributed by atoms with Crippen LogP contribution in [0.4, 0.5) is 0 Å². The molecule has 0 aliphatic carbocycles. The van der Waals surface area contributed by atoms with Crippen molar-refractivity contribution in [3.05, 3.63) is 64.7 Å². The maximum absolute atomic E-state index is 6.35. The Bertz CT molecular complexity index is 570. The van der Waals surface area contributed by atoms with Gasteiger partial charge in [-0.2, -0.15) is 0 Å². The molecule has 2 atom stereocenters. The van der Waals surface area contributed by atoms with Crippen LogP contribution >= 0.6 is 23.4 Å². The fourth-order valence-electron chi connectivity index (χ4n) is 2.14. The SMILES string of the molecule is CCC(N)C(Sc1cccc(C)c1)c1ccccc1Cl. The second-order valence-corrected chi connectivity index (χ2v) is 6.57. The molecule has 0 saturated carbocycles. The summed E-state index contributed by atoms with van der Waals surface area (Å²) in [5.74, 6) is 0. The Morgan fingerprint density at radius 3 is 2.55 bits per heavy atom. The molecular weight excluding hydrogens is 286 g/mol. The maximum atomic E-state index is 6.35. The van der Waals surface area contributed by atoms with Crippen LogP contribution in [0.3, 0.4) is 0 Å². The van der Waals surface area contributed by atoms with Crippen LogP contribution in [0.2, 0.25) is 5.02 Å². The van der Waals surface area contributed by atoms with Gasteiger partial charge in [0, 0.05) is 16.0 Å². The fraction of sp³-hybridized carbons (Fsp3) is 0.294. The molecule has 0 radical (unpaired) electrons. The smallest absolute Gasteiger partial charge is 0.0510 e. The zero-order valence-electron chi connectivity index (χ0n) is 11.8. The van der Waals surface area contributed by atoms with E-state index in [-0.39, 0.29) is 11.3 Å². The van der Waals surface area contributed by atoms with E-state index in [0.717, 1.165) is 17.0 Å². The van der Waals surface area contributed by atoms with Crippen molar-refractivity contribution in [2.75, 3.05) is 0 Å². The minimum atomic E-state index is 0.0837. The molecule has 0 saturated heterocycles. The van der Waals surface area contributed by atoms with Crippen LogP contribution in [-0.2, 0) is 0 Å². The molecule has 0 fully saturated rings. The summed E-state index contributed by atoms with van der Waals surface area (Å²) >= 11 is 8.14. The molecule has 2 aromatic carbocycles. The topological polar surface area (TPSA) is 26.0 Å². The van der Waals surface area contributed by atoms with Crippen LogP contribution < -0.4 is 5.73 Å². The van der Waals surface area contributed by atoms with Gasteiger partial charge in [-0.1, -0.05) is 54.4 Å². The summed E-state index contributed by atoms with van der Waals surface area (Å²) in [6.07, 6.45) is 0.925. The van der Waals surface area contributed by atoms with Crippen molar-refractivity contribution >= 4 is 23.4 Å². The lowest BCUT2D eigenvalue weighted by molar-refractivity contribution is 0.634. The molecule has 1 nitrogen and oxygen atoms in total. The lowest BCUT2D eigenvalue weighted by Gasteiger charge is -2.24. The first-order chi connectivity index (χ1) is 9.61. The number of hydrogen-bond acceptors (Lipinski definition) is 2. The van der Waals surface area contributed by atoms with E-state index in [1.807, 2.05) is 18.2 Å². The van der Waals surface area contributed by atoms with Crippen molar-refractivity contribution in [2.24, 2.45) is 5.73 Å². The van der Waals surface area contributed by atoms with Crippen LogP contribution in [0.5, 0.6) is 0 Å². The number of rotatable bonds is 5. The highest BCUT2D eigenvalue weighted by Gasteiger charge is 2.22.